The minimum atomic E-state index is -1.18. The summed E-state index contributed by atoms with van der Waals surface area (Å²) in [7, 11) is 1.56. The Kier molecular flexibility index (Phi) is 19.6. The Balaban J connectivity index is 0.000000284. The molecule has 7 N–H and O–H groups in total. The number of fused-ring (bicyclic) bond motifs is 1. The number of aliphatic hydroxyl groups is 1. The number of aromatic hydroxyl groups is 1. The van der Waals surface area contributed by atoms with Crippen molar-refractivity contribution in [1.29, 1.82) is 5.26 Å². The van der Waals surface area contributed by atoms with Crippen molar-refractivity contribution >= 4 is 0 Å². The molecule has 0 radical (unpaired) electrons. The Labute approximate surface area is 313 Å². The highest BCUT2D eigenvalue weighted by Gasteiger charge is 2.38. The monoisotopic (exact) mass is 716 g/mol. The van der Waals surface area contributed by atoms with Crippen LogP contribution in [0, 0.1) is 17.2 Å². The van der Waals surface area contributed by atoms with E-state index in [2.05, 4.69) is 84.4 Å². The number of unbranched alkanes of at least 4 members (excludes halogenated alkanes) is 1. The summed E-state index contributed by atoms with van der Waals surface area (Å²) < 4.78 is 11.0. The van der Waals surface area contributed by atoms with Crippen LogP contribution in [0.25, 0.3) is 0 Å². The molecule has 0 spiro atoms. The van der Waals surface area contributed by atoms with E-state index >= 15 is 0 Å². The lowest BCUT2D eigenvalue weighted by molar-refractivity contribution is -0.142. The van der Waals surface area contributed by atoms with Gasteiger partial charge in [0.05, 0.1) is 13.2 Å². The maximum absolute atomic E-state index is 10.6. The summed E-state index contributed by atoms with van der Waals surface area (Å²) in [5.41, 5.74) is 10.3. The van der Waals surface area contributed by atoms with Crippen LogP contribution in [-0.4, -0.2) is 62.4 Å². The van der Waals surface area contributed by atoms with Crippen molar-refractivity contribution in [2.45, 2.75) is 103 Å². The molecule has 1 aliphatic rings. The van der Waals surface area contributed by atoms with Gasteiger partial charge in [0, 0.05) is 26.3 Å². The zero-order chi connectivity index (χ0) is 37.6. The van der Waals surface area contributed by atoms with Crippen LogP contribution in [0.2, 0.25) is 0 Å². The van der Waals surface area contributed by atoms with E-state index in [1.54, 1.807) is 20.1 Å². The maximum Gasteiger partial charge on any atom is 0.205 e. The van der Waals surface area contributed by atoms with E-state index in [1.165, 1.54) is 24.0 Å². The van der Waals surface area contributed by atoms with E-state index < -0.39 is 5.79 Å². The number of nitrogens with zero attached hydrogens (tertiary/aromatic N) is 1. The second-order valence-corrected chi connectivity index (χ2v) is 14.4. The summed E-state index contributed by atoms with van der Waals surface area (Å²) in [4.78, 5) is 0. The number of hydrogen-bond donors (Lipinski definition) is 6. The van der Waals surface area contributed by atoms with Crippen molar-refractivity contribution in [2.24, 2.45) is 11.7 Å². The summed E-state index contributed by atoms with van der Waals surface area (Å²) in [5, 5.41) is 39.5. The van der Waals surface area contributed by atoms with Gasteiger partial charge in [-0.15, -0.1) is 0 Å². The van der Waals surface area contributed by atoms with Crippen molar-refractivity contribution in [3.63, 3.8) is 0 Å². The van der Waals surface area contributed by atoms with Gasteiger partial charge in [0.25, 0.3) is 0 Å². The van der Waals surface area contributed by atoms with Gasteiger partial charge in [0.1, 0.15) is 5.75 Å². The molecule has 9 heteroatoms. The highest BCUT2D eigenvalue weighted by Crippen LogP contribution is 2.45. The average Bonchev–Trinajstić information content (AvgIpc) is 3.14. The Bertz CT molecular complexity index is 1460. The van der Waals surface area contributed by atoms with Crippen molar-refractivity contribution in [2.75, 3.05) is 46.4 Å². The van der Waals surface area contributed by atoms with Gasteiger partial charge in [-0.1, -0.05) is 62.4 Å². The molecule has 0 saturated carbocycles. The highest BCUT2D eigenvalue weighted by molar-refractivity contribution is 5.44. The fourth-order valence-electron chi connectivity index (χ4n) is 6.65. The molecule has 1 heterocycles. The van der Waals surface area contributed by atoms with Crippen LogP contribution in [0.4, 0.5) is 0 Å². The topological polar surface area (TPSA) is 145 Å². The molecule has 0 aliphatic carbocycles. The second kappa shape index (κ2) is 23.8. The van der Waals surface area contributed by atoms with Gasteiger partial charge in [-0.25, -0.2) is 0 Å². The number of rotatable bonds is 22. The fourth-order valence-corrected chi connectivity index (χ4v) is 6.65. The maximum atomic E-state index is 10.6. The number of nitrogens with two attached hydrogens (primary N) is 1. The molecular weight excluding hydrogens is 651 g/mol. The Hall–Kier alpha value is -3.65. The molecule has 3 aromatic carbocycles. The minimum Gasteiger partial charge on any atom is -0.504 e. The molecular formula is C43H65N5O4. The van der Waals surface area contributed by atoms with E-state index in [9.17, 15) is 10.2 Å². The molecule has 52 heavy (non-hydrogen) atoms. The summed E-state index contributed by atoms with van der Waals surface area (Å²) in [6.45, 7) is 12.8. The standard InChI is InChI=1S/C25H31NO2.C18H34N4O2/c1-18(8-7-11-20-9-5-4-6-10-20)21-12-13-22-23(19(2)14-15-26)17-25(3,27)28-24(22)16-21;1-24-18-14-16(6-7-17(18)23)15-22-13-5-12-21-10-3-2-9-20-11-4-8-19/h4-6,9-10,12-13,16,18-19,23,27H,7-8,11,14,17H2,1-3H3;6-7,14,20-23H,2-5,8-13,15,19H2,1H3. The van der Waals surface area contributed by atoms with E-state index in [1.807, 2.05) is 12.1 Å². The first-order chi connectivity index (χ1) is 25.2. The Morgan fingerprint density at radius 3 is 2.29 bits per heavy atom. The number of benzene rings is 3. The zero-order valence-electron chi connectivity index (χ0n) is 32.1. The van der Waals surface area contributed by atoms with Crippen molar-refractivity contribution in [3.05, 3.63) is 89.0 Å². The van der Waals surface area contributed by atoms with E-state index in [0.29, 0.717) is 24.5 Å². The quantitative estimate of drug-likeness (QED) is 0.0599. The molecule has 4 atom stereocenters. The van der Waals surface area contributed by atoms with Crippen LogP contribution in [0.1, 0.15) is 106 Å². The van der Waals surface area contributed by atoms with Crippen molar-refractivity contribution in [3.8, 4) is 23.3 Å². The van der Waals surface area contributed by atoms with Crippen LogP contribution in [0.5, 0.6) is 17.2 Å². The van der Waals surface area contributed by atoms with Crippen LogP contribution in [0.15, 0.2) is 66.7 Å². The number of ether oxygens (including phenoxy) is 2. The molecule has 0 amide bonds. The lowest BCUT2D eigenvalue weighted by atomic mass is 9.78. The van der Waals surface area contributed by atoms with E-state index in [0.717, 1.165) is 94.8 Å². The van der Waals surface area contributed by atoms with E-state index in [-0.39, 0.29) is 17.6 Å². The van der Waals surface area contributed by atoms with Crippen LogP contribution in [-0.2, 0) is 13.0 Å². The van der Waals surface area contributed by atoms with E-state index in [4.69, 9.17) is 20.5 Å². The third kappa shape index (κ3) is 15.5. The van der Waals surface area contributed by atoms with Gasteiger partial charge in [-0.05, 0) is 142 Å². The number of nitriles is 1. The molecule has 286 valence electrons. The molecule has 3 aromatic rings. The first kappa shape index (κ1) is 42.8. The lowest BCUT2D eigenvalue weighted by Crippen LogP contribution is -2.39. The summed E-state index contributed by atoms with van der Waals surface area (Å²) in [5.74, 6) is 1.05. The SMILES string of the molecule is CC(CCCc1ccccc1)c1ccc2c(c1)OC(C)(O)CC2C(C)CC#N.COc1cc(CNCCCNCCCCNCCCN)ccc1O. The average molecular weight is 716 g/mol. The third-order valence-electron chi connectivity index (χ3n) is 9.78. The minimum absolute atomic E-state index is 0.140. The Morgan fingerprint density at radius 2 is 1.60 bits per heavy atom. The van der Waals surface area contributed by atoms with Crippen LogP contribution in [0.3, 0.4) is 0 Å². The number of methoxy groups -OCH3 is 1. The molecule has 4 rings (SSSR count). The largest absolute Gasteiger partial charge is 0.504 e. The van der Waals surface area contributed by atoms with Crippen LogP contribution < -0.4 is 31.2 Å². The number of nitrogens with one attached hydrogen (secondary N) is 3. The molecule has 0 fully saturated rings. The van der Waals surface area contributed by atoms with Crippen molar-refractivity contribution < 1.29 is 19.7 Å². The highest BCUT2D eigenvalue weighted by atomic mass is 16.6. The van der Waals surface area contributed by atoms with Gasteiger partial charge in [-0.2, -0.15) is 5.26 Å². The van der Waals surface area contributed by atoms with Gasteiger partial charge >= 0.3 is 0 Å². The molecule has 1 aliphatic heterocycles. The fraction of sp³-hybridized carbons (Fsp3) is 0.558. The zero-order valence-corrected chi connectivity index (χ0v) is 32.1. The number of phenolic OH excluding ortho intramolecular Hbond substituents is 1. The molecule has 9 nitrogen and oxygen atoms in total. The first-order valence-electron chi connectivity index (χ1n) is 19.3. The lowest BCUT2D eigenvalue weighted by Gasteiger charge is -2.38. The van der Waals surface area contributed by atoms with Gasteiger partial charge in [0.15, 0.2) is 11.5 Å². The summed E-state index contributed by atoms with van der Waals surface area (Å²) >= 11 is 0. The number of phenols is 1. The first-order valence-corrected chi connectivity index (χ1v) is 19.3. The second-order valence-electron chi connectivity index (χ2n) is 14.4. The smallest absolute Gasteiger partial charge is 0.205 e. The summed E-state index contributed by atoms with van der Waals surface area (Å²) in [6.07, 6.45) is 8.92. The van der Waals surface area contributed by atoms with Gasteiger partial charge in [0.2, 0.25) is 5.79 Å². The van der Waals surface area contributed by atoms with Crippen molar-refractivity contribution in [1.82, 2.24) is 16.0 Å². The molecule has 0 bridgehead atoms. The van der Waals surface area contributed by atoms with Gasteiger partial charge < -0.3 is 41.4 Å². The normalized spacial score (nSPS) is 17.5. The predicted octanol–water partition coefficient (Wildman–Crippen LogP) is 7.13. The van der Waals surface area contributed by atoms with Crippen LogP contribution >= 0.6 is 0 Å². The predicted molar refractivity (Wildman–Crippen MR) is 212 cm³/mol. The van der Waals surface area contributed by atoms with Gasteiger partial charge in [-0.3, -0.25) is 0 Å². The number of aryl methyl sites for hydroxylation is 1. The molecule has 0 aromatic heterocycles. The summed E-state index contributed by atoms with van der Waals surface area (Å²) in [6, 6.07) is 24.8. The Morgan fingerprint density at radius 1 is 0.904 bits per heavy atom. The third-order valence-corrected chi connectivity index (χ3v) is 9.78. The number of hydrogen-bond acceptors (Lipinski definition) is 9. The molecule has 0 saturated heterocycles. The molecule has 4 unspecified atom stereocenters.